The summed E-state index contributed by atoms with van der Waals surface area (Å²) in [5.41, 5.74) is 1.01. The lowest BCUT2D eigenvalue weighted by molar-refractivity contribution is -0.135. The van der Waals surface area contributed by atoms with Crippen LogP contribution in [0, 0.1) is 5.82 Å². The molecule has 0 aromatic heterocycles. The van der Waals surface area contributed by atoms with E-state index in [2.05, 4.69) is 27.2 Å². The minimum atomic E-state index is -0.632. The van der Waals surface area contributed by atoms with E-state index in [4.69, 9.17) is 4.74 Å². The third-order valence-electron chi connectivity index (χ3n) is 3.93. The summed E-state index contributed by atoms with van der Waals surface area (Å²) in [4.78, 5) is 23.1. The Hall–Kier alpha value is -2.52. The molecule has 1 aliphatic heterocycles. The molecule has 7 nitrogen and oxygen atoms in total. The number of hydrogen-bond acceptors (Lipinski definition) is 7. The van der Waals surface area contributed by atoms with E-state index in [1.807, 2.05) is 0 Å². The fraction of sp³-hybridized carbons (Fsp3) is 0.400. The van der Waals surface area contributed by atoms with Crippen LogP contribution in [-0.4, -0.2) is 37.0 Å². The molecule has 0 bridgehead atoms. The zero-order chi connectivity index (χ0) is 21.1. The van der Waals surface area contributed by atoms with Crippen LogP contribution in [0.1, 0.15) is 43.7 Å². The van der Waals surface area contributed by atoms with E-state index >= 15 is 0 Å². The number of amidine groups is 1. The van der Waals surface area contributed by atoms with Gasteiger partial charge in [-0.3, -0.25) is 10.1 Å². The number of unbranched alkanes of at least 4 members (excludes halogenated alkanes) is 3. The Morgan fingerprint density at radius 2 is 2.14 bits per heavy atom. The van der Waals surface area contributed by atoms with Crippen molar-refractivity contribution in [2.45, 2.75) is 39.2 Å². The molecule has 0 saturated carbocycles. The number of rotatable bonds is 10. The van der Waals surface area contributed by atoms with Crippen molar-refractivity contribution in [2.24, 2.45) is 10.2 Å². The third kappa shape index (κ3) is 7.78. The van der Waals surface area contributed by atoms with Crippen LogP contribution in [0.4, 0.5) is 4.39 Å². The topological polar surface area (TPSA) is 89.4 Å². The summed E-state index contributed by atoms with van der Waals surface area (Å²) < 4.78 is 24.2. The Kier molecular flexibility index (Phi) is 9.52. The molecule has 0 aliphatic carbocycles. The summed E-state index contributed by atoms with van der Waals surface area (Å²) in [5.74, 6) is -1.46. The number of thioether (sulfide) groups is 1. The summed E-state index contributed by atoms with van der Waals surface area (Å²) in [6.07, 6.45) is 6.90. The number of amides is 1. The molecule has 9 heteroatoms. The normalized spacial score (nSPS) is 16.7. The molecule has 2 rings (SSSR count). The molecule has 1 saturated heterocycles. The quantitative estimate of drug-likeness (QED) is 0.205. The molecule has 0 atom stereocenters. The average molecular weight is 421 g/mol. The molecule has 1 aromatic carbocycles. The maximum Gasteiger partial charge on any atom is 0.331 e. The van der Waals surface area contributed by atoms with Crippen LogP contribution < -0.4 is 5.32 Å². The third-order valence-corrected chi connectivity index (χ3v) is 4.83. The van der Waals surface area contributed by atoms with Gasteiger partial charge in [-0.05, 0) is 29.8 Å². The van der Waals surface area contributed by atoms with Crippen molar-refractivity contribution in [3.8, 4) is 0 Å². The Morgan fingerprint density at radius 1 is 1.31 bits per heavy atom. The Morgan fingerprint density at radius 3 is 2.86 bits per heavy atom. The van der Waals surface area contributed by atoms with Crippen molar-refractivity contribution in [1.29, 1.82) is 0 Å². The minimum absolute atomic E-state index is 0.163. The van der Waals surface area contributed by atoms with Gasteiger partial charge in [-0.2, -0.15) is 5.10 Å². The molecule has 1 aromatic rings. The number of carbonyl (C=O) groups excluding carboxylic acids is 2. The van der Waals surface area contributed by atoms with Crippen LogP contribution in [0.25, 0.3) is 0 Å². The molecular formula is C20H24FN3O4S. The highest BCUT2D eigenvalue weighted by atomic mass is 32.2. The second-order valence-corrected chi connectivity index (χ2v) is 7.23. The zero-order valence-electron chi connectivity index (χ0n) is 16.4. The number of halogens is 1. The summed E-state index contributed by atoms with van der Waals surface area (Å²) >= 11 is 0.964. The van der Waals surface area contributed by atoms with Gasteiger partial charge in [-0.25, -0.2) is 9.18 Å². The molecule has 1 aliphatic rings. The number of benzene rings is 1. The molecule has 0 unspecified atom stereocenters. The molecular weight excluding hydrogens is 397 g/mol. The maximum atomic E-state index is 14.2. The largest absolute Gasteiger partial charge is 0.466 e. The van der Waals surface area contributed by atoms with Gasteiger partial charge < -0.3 is 9.47 Å². The number of ether oxygens (including phenoxy) is 2. The summed E-state index contributed by atoms with van der Waals surface area (Å²) in [6, 6.07) is 4.72. The van der Waals surface area contributed by atoms with Gasteiger partial charge in [0, 0.05) is 18.2 Å². The van der Waals surface area contributed by atoms with Crippen LogP contribution >= 0.6 is 11.8 Å². The first-order chi connectivity index (χ1) is 14.0. The SMILES string of the molecule is CCCCCCOCc1ccc(C=N/N=C2/NC(=O)/C(=C\C(=O)OC)S2)cc1F. The summed E-state index contributed by atoms with van der Waals surface area (Å²) in [7, 11) is 1.22. The number of esters is 1. The van der Waals surface area contributed by atoms with Crippen LogP contribution in [0.15, 0.2) is 39.4 Å². The van der Waals surface area contributed by atoms with Gasteiger partial charge in [-0.1, -0.05) is 38.3 Å². The first-order valence-corrected chi connectivity index (χ1v) is 10.1. The van der Waals surface area contributed by atoms with Crippen molar-refractivity contribution < 1.29 is 23.5 Å². The van der Waals surface area contributed by atoms with E-state index in [0.717, 1.165) is 30.7 Å². The monoisotopic (exact) mass is 421 g/mol. The Bertz CT molecular complexity index is 824. The zero-order valence-corrected chi connectivity index (χ0v) is 17.3. The van der Waals surface area contributed by atoms with Gasteiger partial charge in [0.1, 0.15) is 5.82 Å². The minimum Gasteiger partial charge on any atom is -0.466 e. The first kappa shape index (κ1) is 22.8. The van der Waals surface area contributed by atoms with Crippen molar-refractivity contribution in [3.63, 3.8) is 0 Å². The van der Waals surface area contributed by atoms with Gasteiger partial charge in [0.05, 0.1) is 24.8 Å². The maximum absolute atomic E-state index is 14.2. The number of carbonyl (C=O) groups is 2. The highest BCUT2D eigenvalue weighted by Gasteiger charge is 2.24. The Balaban J connectivity index is 1.87. The number of nitrogens with one attached hydrogen (secondary N) is 1. The average Bonchev–Trinajstić information content (AvgIpc) is 3.05. The van der Waals surface area contributed by atoms with Crippen molar-refractivity contribution >= 4 is 35.0 Å². The standard InChI is InChI=1S/C20H24FN3O4S/c1-3-4-5-6-9-28-13-15-8-7-14(10-16(15)21)12-22-24-20-23-19(26)17(29-20)11-18(25)27-2/h7-8,10-12H,3-6,9,13H2,1-2H3,(H,23,24,26)/b17-11+,22-12?. The van der Waals surface area contributed by atoms with Crippen LogP contribution in [0.5, 0.6) is 0 Å². The highest BCUT2D eigenvalue weighted by Crippen LogP contribution is 2.23. The number of methoxy groups -OCH3 is 1. The lowest BCUT2D eigenvalue weighted by Crippen LogP contribution is -2.19. The fourth-order valence-corrected chi connectivity index (χ4v) is 3.10. The highest BCUT2D eigenvalue weighted by molar-refractivity contribution is 8.18. The second-order valence-electron chi connectivity index (χ2n) is 6.20. The van der Waals surface area contributed by atoms with E-state index < -0.39 is 11.9 Å². The molecule has 29 heavy (non-hydrogen) atoms. The van der Waals surface area contributed by atoms with E-state index in [0.29, 0.717) is 17.7 Å². The molecule has 0 radical (unpaired) electrons. The van der Waals surface area contributed by atoms with E-state index in [1.54, 1.807) is 12.1 Å². The van der Waals surface area contributed by atoms with Crippen molar-refractivity contribution in [2.75, 3.05) is 13.7 Å². The molecule has 156 valence electrons. The van der Waals surface area contributed by atoms with Gasteiger partial charge in [-0.15, -0.1) is 5.10 Å². The predicted octanol–water partition coefficient (Wildman–Crippen LogP) is 3.53. The summed E-state index contributed by atoms with van der Waals surface area (Å²) in [5, 5.41) is 10.4. The summed E-state index contributed by atoms with van der Waals surface area (Å²) in [6.45, 7) is 3.00. The number of hydrogen-bond donors (Lipinski definition) is 1. The van der Waals surface area contributed by atoms with Gasteiger partial charge >= 0.3 is 5.97 Å². The van der Waals surface area contributed by atoms with Gasteiger partial charge in [0.15, 0.2) is 5.17 Å². The van der Waals surface area contributed by atoms with E-state index in [9.17, 15) is 14.0 Å². The lowest BCUT2D eigenvalue weighted by atomic mass is 10.1. The first-order valence-electron chi connectivity index (χ1n) is 9.29. The molecule has 1 heterocycles. The van der Waals surface area contributed by atoms with Crippen LogP contribution in [-0.2, 0) is 25.7 Å². The second kappa shape index (κ2) is 12.1. The molecule has 1 amide bonds. The van der Waals surface area contributed by atoms with E-state index in [-0.39, 0.29) is 22.5 Å². The van der Waals surface area contributed by atoms with Crippen molar-refractivity contribution in [1.82, 2.24) is 5.32 Å². The van der Waals surface area contributed by atoms with Gasteiger partial charge in [0.25, 0.3) is 5.91 Å². The smallest absolute Gasteiger partial charge is 0.331 e. The molecule has 0 spiro atoms. The van der Waals surface area contributed by atoms with Crippen LogP contribution in [0.2, 0.25) is 0 Å². The molecule has 1 fully saturated rings. The fourth-order valence-electron chi connectivity index (χ4n) is 2.36. The Labute approximate surface area is 173 Å². The lowest BCUT2D eigenvalue weighted by Gasteiger charge is -2.06. The van der Waals surface area contributed by atoms with Crippen molar-refractivity contribution in [3.05, 3.63) is 46.1 Å². The predicted molar refractivity (Wildman–Crippen MR) is 111 cm³/mol. The van der Waals surface area contributed by atoms with Crippen LogP contribution in [0.3, 0.4) is 0 Å². The molecule has 1 N–H and O–H groups in total. The number of nitrogens with zero attached hydrogens (tertiary/aromatic N) is 2. The van der Waals surface area contributed by atoms with E-state index in [1.165, 1.54) is 32.2 Å². The van der Waals surface area contributed by atoms with Gasteiger partial charge in [0.2, 0.25) is 0 Å².